The molecular formula is C10H21N3O. The van der Waals surface area contributed by atoms with Crippen LogP contribution in [0.5, 0.6) is 0 Å². The molecule has 0 unspecified atom stereocenters. The third-order valence-electron chi connectivity index (χ3n) is 2.56. The summed E-state index contributed by atoms with van der Waals surface area (Å²) in [5.74, 6) is 0.242. The van der Waals surface area contributed by atoms with E-state index >= 15 is 0 Å². The molecule has 0 radical (unpaired) electrons. The minimum absolute atomic E-state index is 0.242. The van der Waals surface area contributed by atoms with Crippen molar-refractivity contribution in [2.75, 3.05) is 46.3 Å². The summed E-state index contributed by atoms with van der Waals surface area (Å²) in [6, 6.07) is 0. The molecule has 0 aromatic heterocycles. The van der Waals surface area contributed by atoms with Crippen LogP contribution in [-0.4, -0.2) is 62.0 Å². The lowest BCUT2D eigenvalue weighted by molar-refractivity contribution is -0.131. The Balaban J connectivity index is 2.17. The Morgan fingerprint density at radius 1 is 1.29 bits per heavy atom. The quantitative estimate of drug-likeness (QED) is 0.635. The maximum absolute atomic E-state index is 11.6. The predicted molar refractivity (Wildman–Crippen MR) is 57.2 cm³/mol. The van der Waals surface area contributed by atoms with Crippen LogP contribution in [0.15, 0.2) is 0 Å². The molecule has 4 heteroatoms. The summed E-state index contributed by atoms with van der Waals surface area (Å²) < 4.78 is 0. The number of hydrogen-bond donors (Lipinski definition) is 1. The van der Waals surface area contributed by atoms with Crippen LogP contribution in [0.4, 0.5) is 0 Å². The zero-order valence-electron chi connectivity index (χ0n) is 9.25. The fourth-order valence-electron chi connectivity index (χ4n) is 1.54. The fraction of sp³-hybridized carbons (Fsp3) is 0.900. The molecule has 1 heterocycles. The molecule has 0 aromatic carbocycles. The van der Waals surface area contributed by atoms with Crippen molar-refractivity contribution in [3.63, 3.8) is 0 Å². The molecule has 0 spiro atoms. The van der Waals surface area contributed by atoms with Crippen LogP contribution in [0.3, 0.4) is 0 Å². The number of amides is 1. The van der Waals surface area contributed by atoms with E-state index in [1.165, 1.54) is 0 Å². The molecule has 0 saturated carbocycles. The molecule has 1 aliphatic rings. The van der Waals surface area contributed by atoms with Crippen molar-refractivity contribution in [1.82, 2.24) is 15.1 Å². The van der Waals surface area contributed by atoms with E-state index < -0.39 is 0 Å². The van der Waals surface area contributed by atoms with Crippen molar-refractivity contribution in [3.05, 3.63) is 0 Å². The van der Waals surface area contributed by atoms with Gasteiger partial charge in [-0.2, -0.15) is 0 Å². The smallest absolute Gasteiger partial charge is 0.236 e. The van der Waals surface area contributed by atoms with Crippen LogP contribution >= 0.6 is 0 Å². The summed E-state index contributed by atoms with van der Waals surface area (Å²) in [7, 11) is 2.09. The van der Waals surface area contributed by atoms with E-state index in [2.05, 4.69) is 24.2 Å². The van der Waals surface area contributed by atoms with Crippen molar-refractivity contribution in [2.24, 2.45) is 0 Å². The number of rotatable bonds is 4. The molecule has 1 saturated heterocycles. The average molecular weight is 199 g/mol. The summed E-state index contributed by atoms with van der Waals surface area (Å²) in [4.78, 5) is 15.8. The topological polar surface area (TPSA) is 35.6 Å². The zero-order chi connectivity index (χ0) is 10.4. The highest BCUT2D eigenvalue weighted by Crippen LogP contribution is 1.98. The van der Waals surface area contributed by atoms with Gasteiger partial charge in [0.15, 0.2) is 0 Å². The molecule has 1 aliphatic heterocycles. The van der Waals surface area contributed by atoms with E-state index in [1.54, 1.807) is 0 Å². The van der Waals surface area contributed by atoms with Crippen LogP contribution in [0.2, 0.25) is 0 Å². The van der Waals surface area contributed by atoms with Gasteiger partial charge in [0.05, 0.1) is 6.54 Å². The summed E-state index contributed by atoms with van der Waals surface area (Å²) in [6.45, 7) is 7.29. The molecule has 4 nitrogen and oxygen atoms in total. The largest absolute Gasteiger partial charge is 0.339 e. The summed E-state index contributed by atoms with van der Waals surface area (Å²) in [6.07, 6.45) is 1.08. The predicted octanol–water partition coefficient (Wildman–Crippen LogP) is -0.240. The van der Waals surface area contributed by atoms with Gasteiger partial charge >= 0.3 is 0 Å². The lowest BCUT2D eigenvalue weighted by atomic mass is 10.3. The van der Waals surface area contributed by atoms with Gasteiger partial charge in [0.25, 0.3) is 0 Å². The molecule has 1 fully saturated rings. The highest BCUT2D eigenvalue weighted by Gasteiger charge is 2.17. The minimum Gasteiger partial charge on any atom is -0.339 e. The van der Waals surface area contributed by atoms with Gasteiger partial charge in [-0.15, -0.1) is 0 Å². The van der Waals surface area contributed by atoms with E-state index in [1.807, 2.05) is 4.90 Å². The first-order valence-corrected chi connectivity index (χ1v) is 5.41. The zero-order valence-corrected chi connectivity index (χ0v) is 9.25. The van der Waals surface area contributed by atoms with Gasteiger partial charge < -0.3 is 15.1 Å². The van der Waals surface area contributed by atoms with Crippen LogP contribution in [-0.2, 0) is 4.79 Å². The molecule has 0 bridgehead atoms. The summed E-state index contributed by atoms with van der Waals surface area (Å²) in [5, 5.41) is 3.14. The van der Waals surface area contributed by atoms with Crippen LogP contribution < -0.4 is 5.32 Å². The second kappa shape index (κ2) is 5.98. The first-order chi connectivity index (χ1) is 6.74. The molecule has 0 aliphatic carbocycles. The number of carbonyl (C=O) groups is 1. The van der Waals surface area contributed by atoms with Crippen molar-refractivity contribution >= 4 is 5.91 Å². The SMILES string of the molecule is CCCNCC(=O)N1CCN(C)CC1. The van der Waals surface area contributed by atoms with Gasteiger partial charge in [-0.05, 0) is 20.0 Å². The Labute approximate surface area is 86.2 Å². The number of piperazine rings is 1. The standard InChI is InChI=1S/C10H21N3O/c1-3-4-11-9-10(14)13-7-5-12(2)6-8-13/h11H,3-9H2,1-2H3. The van der Waals surface area contributed by atoms with Crippen LogP contribution in [0, 0.1) is 0 Å². The second-order valence-corrected chi connectivity index (χ2v) is 3.86. The summed E-state index contributed by atoms with van der Waals surface area (Å²) in [5.41, 5.74) is 0. The van der Waals surface area contributed by atoms with Crippen molar-refractivity contribution in [1.29, 1.82) is 0 Å². The van der Waals surface area contributed by atoms with Gasteiger partial charge in [-0.1, -0.05) is 6.92 Å². The van der Waals surface area contributed by atoms with E-state index in [0.29, 0.717) is 6.54 Å². The molecular weight excluding hydrogens is 178 g/mol. The lowest BCUT2D eigenvalue weighted by Gasteiger charge is -2.32. The Bertz CT molecular complexity index is 176. The molecule has 1 N–H and O–H groups in total. The van der Waals surface area contributed by atoms with Crippen LogP contribution in [0.1, 0.15) is 13.3 Å². The summed E-state index contributed by atoms with van der Waals surface area (Å²) >= 11 is 0. The van der Waals surface area contributed by atoms with Gasteiger partial charge in [0.2, 0.25) is 5.91 Å². The average Bonchev–Trinajstić information content (AvgIpc) is 2.19. The third kappa shape index (κ3) is 3.64. The number of nitrogens with zero attached hydrogens (tertiary/aromatic N) is 2. The van der Waals surface area contributed by atoms with Crippen molar-refractivity contribution in [3.8, 4) is 0 Å². The monoisotopic (exact) mass is 199 g/mol. The van der Waals surface area contributed by atoms with Gasteiger partial charge in [0, 0.05) is 26.2 Å². The molecule has 0 atom stereocenters. The maximum Gasteiger partial charge on any atom is 0.236 e. The highest BCUT2D eigenvalue weighted by molar-refractivity contribution is 5.78. The first kappa shape index (κ1) is 11.5. The normalized spacial score (nSPS) is 18.6. The maximum atomic E-state index is 11.6. The lowest BCUT2D eigenvalue weighted by Crippen LogP contribution is -2.49. The van der Waals surface area contributed by atoms with Crippen molar-refractivity contribution in [2.45, 2.75) is 13.3 Å². The van der Waals surface area contributed by atoms with E-state index in [-0.39, 0.29) is 5.91 Å². The Morgan fingerprint density at radius 3 is 2.50 bits per heavy atom. The number of nitrogens with one attached hydrogen (secondary N) is 1. The Morgan fingerprint density at radius 2 is 1.93 bits per heavy atom. The van der Waals surface area contributed by atoms with Crippen LogP contribution in [0.25, 0.3) is 0 Å². The molecule has 82 valence electrons. The molecule has 0 aromatic rings. The van der Waals surface area contributed by atoms with Gasteiger partial charge in [0.1, 0.15) is 0 Å². The highest BCUT2D eigenvalue weighted by atomic mass is 16.2. The molecule has 14 heavy (non-hydrogen) atoms. The number of likely N-dealkylation sites (N-methyl/N-ethyl adjacent to an activating group) is 1. The second-order valence-electron chi connectivity index (χ2n) is 3.86. The van der Waals surface area contributed by atoms with E-state index in [0.717, 1.165) is 39.1 Å². The Kier molecular flexibility index (Phi) is 4.90. The molecule has 1 amide bonds. The fourth-order valence-corrected chi connectivity index (χ4v) is 1.54. The van der Waals surface area contributed by atoms with Gasteiger partial charge in [-0.3, -0.25) is 4.79 Å². The van der Waals surface area contributed by atoms with Crippen molar-refractivity contribution < 1.29 is 4.79 Å². The number of carbonyl (C=O) groups excluding carboxylic acids is 1. The third-order valence-corrected chi connectivity index (χ3v) is 2.56. The Hall–Kier alpha value is -0.610. The first-order valence-electron chi connectivity index (χ1n) is 5.41. The van der Waals surface area contributed by atoms with E-state index in [9.17, 15) is 4.79 Å². The molecule has 1 rings (SSSR count). The number of hydrogen-bond acceptors (Lipinski definition) is 3. The minimum atomic E-state index is 0.242. The van der Waals surface area contributed by atoms with E-state index in [4.69, 9.17) is 0 Å². The van der Waals surface area contributed by atoms with Gasteiger partial charge in [-0.25, -0.2) is 0 Å².